The Balaban J connectivity index is 2.72. The zero-order valence-electron chi connectivity index (χ0n) is 9.49. The summed E-state index contributed by atoms with van der Waals surface area (Å²) in [5, 5.41) is 11.4. The van der Waals surface area contributed by atoms with Gasteiger partial charge in [-0.3, -0.25) is 4.79 Å². The van der Waals surface area contributed by atoms with Gasteiger partial charge in [-0.05, 0) is 18.2 Å². The van der Waals surface area contributed by atoms with E-state index < -0.39 is 25.0 Å². The third-order valence-corrected chi connectivity index (χ3v) is 2.41. The van der Waals surface area contributed by atoms with E-state index in [1.54, 1.807) is 0 Å². The highest BCUT2D eigenvalue weighted by Crippen LogP contribution is 2.22. The summed E-state index contributed by atoms with van der Waals surface area (Å²) in [5.74, 6) is -0.394. The van der Waals surface area contributed by atoms with Crippen LogP contribution in [-0.4, -0.2) is 37.2 Å². The minimum atomic E-state index is -2.91. The maximum atomic E-state index is 12.0. The summed E-state index contributed by atoms with van der Waals surface area (Å²) < 4.78 is 29.0. The average Bonchev–Trinajstić information content (AvgIpc) is 2.34. The number of hydrogen-bond acceptors (Lipinski definition) is 3. The van der Waals surface area contributed by atoms with Gasteiger partial charge in [0.25, 0.3) is 12.3 Å². The highest BCUT2D eigenvalue weighted by atomic mass is 35.5. The Morgan fingerprint density at radius 3 is 2.78 bits per heavy atom. The van der Waals surface area contributed by atoms with Gasteiger partial charge in [-0.1, -0.05) is 11.6 Å². The Hall–Kier alpha value is -1.40. The smallest absolute Gasteiger partial charge is 0.265 e. The zero-order chi connectivity index (χ0) is 13.7. The van der Waals surface area contributed by atoms with Gasteiger partial charge in [-0.2, -0.15) is 0 Å². The number of aliphatic hydroxyl groups is 1. The van der Waals surface area contributed by atoms with E-state index in [-0.39, 0.29) is 11.3 Å². The van der Waals surface area contributed by atoms with Crippen molar-refractivity contribution in [2.75, 3.05) is 13.7 Å². The predicted octanol–water partition coefficient (Wildman–Crippen LogP) is 1.70. The number of alkyl halides is 2. The maximum absolute atomic E-state index is 12.0. The Morgan fingerprint density at radius 1 is 1.56 bits per heavy atom. The minimum Gasteiger partial charge on any atom is -0.496 e. The number of carbonyl (C=O) groups excluding carboxylic acids is 1. The van der Waals surface area contributed by atoms with Crippen molar-refractivity contribution in [3.63, 3.8) is 0 Å². The number of halogens is 3. The molecule has 0 aliphatic heterocycles. The molecule has 0 bridgehead atoms. The van der Waals surface area contributed by atoms with Crippen LogP contribution >= 0.6 is 11.6 Å². The highest BCUT2D eigenvalue weighted by Gasteiger charge is 2.19. The summed E-state index contributed by atoms with van der Waals surface area (Å²) >= 11 is 5.72. The molecular formula is C11H12ClF2NO3. The van der Waals surface area contributed by atoms with Crippen molar-refractivity contribution < 1.29 is 23.4 Å². The van der Waals surface area contributed by atoms with Gasteiger partial charge >= 0.3 is 0 Å². The molecule has 1 unspecified atom stereocenters. The SMILES string of the molecule is COc1cc(Cl)ccc1C(=O)NCC(O)C(F)F. The van der Waals surface area contributed by atoms with Crippen LogP contribution < -0.4 is 10.1 Å². The van der Waals surface area contributed by atoms with Gasteiger partial charge in [0.1, 0.15) is 11.9 Å². The first kappa shape index (κ1) is 14.7. The lowest BCUT2D eigenvalue weighted by atomic mass is 10.2. The first-order valence-electron chi connectivity index (χ1n) is 5.03. The molecule has 0 aliphatic rings. The Kier molecular flexibility index (Phi) is 5.30. The Morgan fingerprint density at radius 2 is 2.22 bits per heavy atom. The van der Waals surface area contributed by atoms with Crippen LogP contribution in [0.4, 0.5) is 8.78 Å². The van der Waals surface area contributed by atoms with Crippen molar-refractivity contribution in [3.8, 4) is 5.75 Å². The van der Waals surface area contributed by atoms with Crippen LogP contribution in [0, 0.1) is 0 Å². The minimum absolute atomic E-state index is 0.156. The predicted molar refractivity (Wildman–Crippen MR) is 62.3 cm³/mol. The molecule has 100 valence electrons. The molecule has 1 amide bonds. The largest absolute Gasteiger partial charge is 0.496 e. The molecule has 0 saturated carbocycles. The lowest BCUT2D eigenvalue weighted by Gasteiger charge is -2.12. The van der Waals surface area contributed by atoms with Crippen LogP contribution in [0.25, 0.3) is 0 Å². The summed E-state index contributed by atoms with van der Waals surface area (Å²) in [7, 11) is 1.36. The van der Waals surface area contributed by atoms with E-state index in [0.717, 1.165) is 0 Å². The first-order chi connectivity index (χ1) is 8.45. The summed E-state index contributed by atoms with van der Waals surface area (Å²) in [5.41, 5.74) is 0.156. The second-order valence-electron chi connectivity index (χ2n) is 3.46. The molecule has 0 aliphatic carbocycles. The molecule has 1 aromatic rings. The third-order valence-electron chi connectivity index (χ3n) is 2.17. The van der Waals surface area contributed by atoms with Crippen LogP contribution in [0.3, 0.4) is 0 Å². The molecule has 0 saturated heterocycles. The number of benzene rings is 1. The fourth-order valence-electron chi connectivity index (χ4n) is 1.23. The van der Waals surface area contributed by atoms with Crippen LogP contribution in [-0.2, 0) is 0 Å². The standard InChI is InChI=1S/C11H12ClF2NO3/c1-18-9-4-6(12)2-3-7(9)11(17)15-5-8(16)10(13)14/h2-4,8,10,16H,5H2,1H3,(H,15,17). The van der Waals surface area contributed by atoms with Crippen molar-refractivity contribution in [1.29, 1.82) is 0 Å². The van der Waals surface area contributed by atoms with Gasteiger partial charge in [0.2, 0.25) is 0 Å². The summed E-state index contributed by atoms with van der Waals surface area (Å²) in [4.78, 5) is 11.7. The molecule has 0 spiro atoms. The van der Waals surface area contributed by atoms with Gasteiger partial charge in [0.05, 0.1) is 12.7 Å². The van der Waals surface area contributed by atoms with Gasteiger partial charge in [0.15, 0.2) is 0 Å². The number of hydrogen-bond donors (Lipinski definition) is 2. The molecule has 1 aromatic carbocycles. The van der Waals surface area contributed by atoms with E-state index in [2.05, 4.69) is 5.32 Å². The Bertz CT molecular complexity index is 429. The number of rotatable bonds is 5. The molecule has 4 nitrogen and oxygen atoms in total. The van der Waals surface area contributed by atoms with Crippen LogP contribution in [0.1, 0.15) is 10.4 Å². The second-order valence-corrected chi connectivity index (χ2v) is 3.89. The fourth-order valence-corrected chi connectivity index (χ4v) is 1.40. The molecular weight excluding hydrogens is 268 g/mol. The number of amides is 1. The molecule has 1 rings (SSSR count). The van der Waals surface area contributed by atoms with E-state index in [1.807, 2.05) is 0 Å². The van der Waals surface area contributed by atoms with Gasteiger partial charge < -0.3 is 15.2 Å². The highest BCUT2D eigenvalue weighted by molar-refractivity contribution is 6.30. The molecule has 0 fully saturated rings. The number of ether oxygens (including phenoxy) is 1. The fraction of sp³-hybridized carbons (Fsp3) is 0.364. The summed E-state index contributed by atoms with van der Waals surface area (Å²) in [6.07, 6.45) is -4.80. The Labute approximate surface area is 108 Å². The van der Waals surface area contributed by atoms with Gasteiger partial charge in [-0.25, -0.2) is 8.78 Å². The molecule has 2 N–H and O–H groups in total. The number of carbonyl (C=O) groups is 1. The van der Waals surface area contributed by atoms with Crippen molar-refractivity contribution in [3.05, 3.63) is 28.8 Å². The quantitative estimate of drug-likeness (QED) is 0.863. The second kappa shape index (κ2) is 6.51. The monoisotopic (exact) mass is 279 g/mol. The topological polar surface area (TPSA) is 58.6 Å². The van der Waals surface area contributed by atoms with Gasteiger partial charge in [0, 0.05) is 11.6 Å². The van der Waals surface area contributed by atoms with E-state index in [1.165, 1.54) is 25.3 Å². The van der Waals surface area contributed by atoms with Gasteiger partial charge in [-0.15, -0.1) is 0 Å². The number of aliphatic hydroxyl groups excluding tert-OH is 1. The van der Waals surface area contributed by atoms with E-state index in [0.29, 0.717) is 5.02 Å². The van der Waals surface area contributed by atoms with Crippen molar-refractivity contribution in [1.82, 2.24) is 5.32 Å². The normalized spacial score (nSPS) is 12.3. The van der Waals surface area contributed by atoms with Crippen molar-refractivity contribution in [2.45, 2.75) is 12.5 Å². The summed E-state index contributed by atoms with van der Waals surface area (Å²) in [6.45, 7) is -0.539. The average molecular weight is 280 g/mol. The molecule has 1 atom stereocenters. The molecule has 0 heterocycles. The van der Waals surface area contributed by atoms with Crippen LogP contribution in [0.15, 0.2) is 18.2 Å². The van der Waals surface area contributed by atoms with Crippen molar-refractivity contribution in [2.24, 2.45) is 0 Å². The lowest BCUT2D eigenvalue weighted by Crippen LogP contribution is -2.35. The third kappa shape index (κ3) is 3.82. The van der Waals surface area contributed by atoms with E-state index in [9.17, 15) is 13.6 Å². The number of methoxy groups -OCH3 is 1. The maximum Gasteiger partial charge on any atom is 0.265 e. The first-order valence-corrected chi connectivity index (χ1v) is 5.41. The zero-order valence-corrected chi connectivity index (χ0v) is 10.2. The molecule has 0 radical (unpaired) electrons. The van der Waals surface area contributed by atoms with Crippen LogP contribution in [0.5, 0.6) is 5.75 Å². The van der Waals surface area contributed by atoms with E-state index in [4.69, 9.17) is 21.4 Å². The lowest BCUT2D eigenvalue weighted by molar-refractivity contribution is -0.00271. The van der Waals surface area contributed by atoms with Crippen molar-refractivity contribution >= 4 is 17.5 Å². The van der Waals surface area contributed by atoms with E-state index >= 15 is 0 Å². The molecule has 18 heavy (non-hydrogen) atoms. The molecule has 7 heteroatoms. The molecule has 0 aromatic heterocycles. The summed E-state index contributed by atoms with van der Waals surface area (Å²) in [6, 6.07) is 4.31. The number of nitrogens with one attached hydrogen (secondary N) is 1. The van der Waals surface area contributed by atoms with Crippen LogP contribution in [0.2, 0.25) is 5.02 Å².